The van der Waals surface area contributed by atoms with E-state index in [0.717, 1.165) is 28.5 Å². The molecule has 7 nitrogen and oxygen atoms in total. The van der Waals surface area contributed by atoms with Crippen LogP contribution in [-0.2, 0) is 0 Å². The van der Waals surface area contributed by atoms with Gasteiger partial charge >= 0.3 is 0 Å². The standard InChI is InChI=1S/C23H22N6O/c1-15-12-16(2)26-23(25-15)28-19-9-7-8-18(13-19)27-22(30)21-14-24-29(17(21)3)20-10-5-4-6-11-20/h4-14H,1-3H3,(H,27,30)(H,25,26,28). The molecule has 2 heterocycles. The number of benzene rings is 2. The van der Waals surface area contributed by atoms with Gasteiger partial charge in [0.1, 0.15) is 0 Å². The molecule has 0 aliphatic rings. The molecule has 0 radical (unpaired) electrons. The molecule has 0 saturated carbocycles. The van der Waals surface area contributed by atoms with Crippen LogP contribution in [0.2, 0.25) is 0 Å². The van der Waals surface area contributed by atoms with Gasteiger partial charge in [-0.15, -0.1) is 0 Å². The molecule has 0 unspecified atom stereocenters. The lowest BCUT2D eigenvalue weighted by molar-refractivity contribution is 0.102. The quantitative estimate of drug-likeness (QED) is 0.514. The Bertz CT molecular complexity index is 1180. The number of aromatic nitrogens is 4. The maximum absolute atomic E-state index is 12.8. The van der Waals surface area contributed by atoms with Crippen LogP contribution in [0.5, 0.6) is 0 Å². The second-order valence-electron chi connectivity index (χ2n) is 7.03. The minimum Gasteiger partial charge on any atom is -0.324 e. The summed E-state index contributed by atoms with van der Waals surface area (Å²) in [5.74, 6) is 0.311. The molecular formula is C23H22N6O. The summed E-state index contributed by atoms with van der Waals surface area (Å²) in [6, 6.07) is 19.1. The zero-order valence-corrected chi connectivity index (χ0v) is 17.0. The first kappa shape index (κ1) is 19.3. The molecule has 0 saturated heterocycles. The molecule has 0 aliphatic heterocycles. The van der Waals surface area contributed by atoms with Gasteiger partial charge in [-0.05, 0) is 57.2 Å². The highest BCUT2D eigenvalue weighted by Gasteiger charge is 2.15. The van der Waals surface area contributed by atoms with E-state index in [4.69, 9.17) is 0 Å². The Hall–Kier alpha value is -4.00. The fraction of sp³-hybridized carbons (Fsp3) is 0.130. The van der Waals surface area contributed by atoms with E-state index in [1.54, 1.807) is 10.9 Å². The molecule has 0 spiro atoms. The number of nitrogens with one attached hydrogen (secondary N) is 2. The average Bonchev–Trinajstić information content (AvgIpc) is 3.09. The van der Waals surface area contributed by atoms with Crippen molar-refractivity contribution in [2.24, 2.45) is 0 Å². The number of aryl methyl sites for hydroxylation is 2. The lowest BCUT2D eigenvalue weighted by Crippen LogP contribution is -2.13. The fourth-order valence-corrected chi connectivity index (χ4v) is 3.25. The van der Waals surface area contributed by atoms with Crippen molar-refractivity contribution in [3.63, 3.8) is 0 Å². The largest absolute Gasteiger partial charge is 0.324 e. The second kappa shape index (κ2) is 8.16. The summed E-state index contributed by atoms with van der Waals surface area (Å²) in [5.41, 5.74) is 5.44. The fourth-order valence-electron chi connectivity index (χ4n) is 3.25. The molecule has 0 atom stereocenters. The highest BCUT2D eigenvalue weighted by atomic mass is 16.1. The minimum absolute atomic E-state index is 0.213. The first-order valence-electron chi connectivity index (χ1n) is 9.60. The molecule has 1 amide bonds. The Morgan fingerprint density at radius 2 is 1.57 bits per heavy atom. The summed E-state index contributed by atoms with van der Waals surface area (Å²) in [7, 11) is 0. The van der Waals surface area contributed by atoms with Crippen molar-refractivity contribution in [1.29, 1.82) is 0 Å². The van der Waals surface area contributed by atoms with Crippen molar-refractivity contribution in [1.82, 2.24) is 19.7 Å². The Morgan fingerprint density at radius 1 is 0.867 bits per heavy atom. The normalized spacial score (nSPS) is 10.6. The van der Waals surface area contributed by atoms with E-state index in [2.05, 4.69) is 25.7 Å². The lowest BCUT2D eigenvalue weighted by atomic mass is 10.2. The zero-order valence-electron chi connectivity index (χ0n) is 17.0. The Morgan fingerprint density at radius 3 is 2.30 bits per heavy atom. The third-order valence-electron chi connectivity index (χ3n) is 4.61. The van der Waals surface area contributed by atoms with Crippen LogP contribution in [0.3, 0.4) is 0 Å². The van der Waals surface area contributed by atoms with Crippen LogP contribution in [0.25, 0.3) is 5.69 Å². The van der Waals surface area contributed by atoms with Gasteiger partial charge in [-0.3, -0.25) is 4.79 Å². The molecule has 2 N–H and O–H groups in total. The number of carbonyl (C=O) groups excluding carboxylic acids is 1. The van der Waals surface area contributed by atoms with Crippen LogP contribution in [-0.4, -0.2) is 25.7 Å². The number of carbonyl (C=O) groups is 1. The van der Waals surface area contributed by atoms with Crippen molar-refractivity contribution < 1.29 is 4.79 Å². The van der Waals surface area contributed by atoms with E-state index in [1.165, 1.54) is 0 Å². The molecule has 150 valence electrons. The van der Waals surface area contributed by atoms with Crippen molar-refractivity contribution in [3.8, 4) is 5.69 Å². The predicted octanol–water partition coefficient (Wildman–Crippen LogP) is 4.58. The summed E-state index contributed by atoms with van der Waals surface area (Å²) in [6.45, 7) is 5.73. The van der Waals surface area contributed by atoms with Gasteiger partial charge in [-0.1, -0.05) is 24.3 Å². The molecule has 0 bridgehead atoms. The predicted molar refractivity (Wildman–Crippen MR) is 117 cm³/mol. The van der Waals surface area contributed by atoms with Crippen LogP contribution in [0, 0.1) is 20.8 Å². The van der Waals surface area contributed by atoms with E-state index >= 15 is 0 Å². The van der Waals surface area contributed by atoms with Gasteiger partial charge in [0.15, 0.2) is 0 Å². The number of rotatable bonds is 5. The number of para-hydroxylation sites is 1. The molecule has 30 heavy (non-hydrogen) atoms. The smallest absolute Gasteiger partial charge is 0.259 e. The maximum atomic E-state index is 12.8. The number of anilines is 3. The number of hydrogen-bond acceptors (Lipinski definition) is 5. The van der Waals surface area contributed by atoms with Gasteiger partial charge in [0.05, 0.1) is 23.1 Å². The number of amides is 1. The van der Waals surface area contributed by atoms with Gasteiger partial charge in [0.2, 0.25) is 5.95 Å². The Balaban J connectivity index is 1.52. The third-order valence-corrected chi connectivity index (χ3v) is 4.61. The Kier molecular flexibility index (Phi) is 5.26. The van der Waals surface area contributed by atoms with Gasteiger partial charge in [0, 0.05) is 22.8 Å². The van der Waals surface area contributed by atoms with Crippen LogP contribution < -0.4 is 10.6 Å². The van der Waals surface area contributed by atoms with Crippen LogP contribution in [0.15, 0.2) is 66.9 Å². The third kappa shape index (κ3) is 4.20. The van der Waals surface area contributed by atoms with Gasteiger partial charge in [-0.2, -0.15) is 5.10 Å². The van der Waals surface area contributed by atoms with Gasteiger partial charge in [-0.25, -0.2) is 14.6 Å². The van der Waals surface area contributed by atoms with Crippen molar-refractivity contribution >= 4 is 23.2 Å². The maximum Gasteiger partial charge on any atom is 0.259 e. The summed E-state index contributed by atoms with van der Waals surface area (Å²) in [4.78, 5) is 21.6. The second-order valence-corrected chi connectivity index (χ2v) is 7.03. The molecule has 2 aromatic carbocycles. The topological polar surface area (TPSA) is 84.7 Å². The molecule has 4 aromatic rings. The van der Waals surface area contributed by atoms with Crippen LogP contribution in [0.1, 0.15) is 27.4 Å². The van der Waals surface area contributed by atoms with Crippen molar-refractivity contribution in [3.05, 3.63) is 89.5 Å². The van der Waals surface area contributed by atoms with E-state index < -0.39 is 0 Å². The summed E-state index contributed by atoms with van der Waals surface area (Å²) in [6.07, 6.45) is 1.59. The van der Waals surface area contributed by atoms with E-state index in [0.29, 0.717) is 17.2 Å². The number of hydrogen-bond donors (Lipinski definition) is 2. The van der Waals surface area contributed by atoms with Crippen LogP contribution >= 0.6 is 0 Å². The number of nitrogens with zero attached hydrogens (tertiary/aromatic N) is 4. The summed E-state index contributed by atoms with van der Waals surface area (Å²) < 4.78 is 1.75. The average molecular weight is 398 g/mol. The molecule has 2 aromatic heterocycles. The zero-order chi connectivity index (χ0) is 21.1. The lowest BCUT2D eigenvalue weighted by Gasteiger charge is -2.10. The van der Waals surface area contributed by atoms with Crippen LogP contribution in [0.4, 0.5) is 17.3 Å². The van der Waals surface area contributed by atoms with E-state index in [-0.39, 0.29) is 5.91 Å². The molecule has 0 fully saturated rings. The summed E-state index contributed by atoms with van der Waals surface area (Å²) in [5, 5.41) is 10.5. The molecular weight excluding hydrogens is 376 g/mol. The van der Waals surface area contributed by atoms with E-state index in [1.807, 2.05) is 81.4 Å². The highest BCUT2D eigenvalue weighted by Crippen LogP contribution is 2.20. The first-order chi connectivity index (χ1) is 14.5. The SMILES string of the molecule is Cc1cc(C)nc(Nc2cccc(NC(=O)c3cnn(-c4ccccc4)c3C)c2)n1. The van der Waals surface area contributed by atoms with Crippen molar-refractivity contribution in [2.45, 2.75) is 20.8 Å². The molecule has 4 rings (SSSR count). The molecule has 0 aliphatic carbocycles. The molecule has 7 heteroatoms. The Labute approximate surface area is 174 Å². The summed E-state index contributed by atoms with van der Waals surface area (Å²) >= 11 is 0. The van der Waals surface area contributed by atoms with Crippen molar-refractivity contribution in [2.75, 3.05) is 10.6 Å². The monoisotopic (exact) mass is 398 g/mol. The highest BCUT2D eigenvalue weighted by molar-refractivity contribution is 6.05. The minimum atomic E-state index is -0.213. The first-order valence-corrected chi connectivity index (χ1v) is 9.60. The van der Waals surface area contributed by atoms with Gasteiger partial charge in [0.25, 0.3) is 5.91 Å². The van der Waals surface area contributed by atoms with Gasteiger partial charge < -0.3 is 10.6 Å². The van der Waals surface area contributed by atoms with E-state index in [9.17, 15) is 4.79 Å².